The topological polar surface area (TPSA) is 9.23 Å². The molecular weight excluding hydrogens is 332 g/mol. The van der Waals surface area contributed by atoms with Crippen molar-refractivity contribution < 1.29 is 4.74 Å². The molecule has 0 fully saturated rings. The van der Waals surface area contributed by atoms with Crippen molar-refractivity contribution in [3.05, 3.63) is 45.4 Å². The van der Waals surface area contributed by atoms with Crippen molar-refractivity contribution in [1.29, 1.82) is 0 Å². The molecular formula is C13H16Br2O. The van der Waals surface area contributed by atoms with Gasteiger partial charge in [0.25, 0.3) is 0 Å². The molecule has 1 aromatic carbocycles. The van der Waals surface area contributed by atoms with Gasteiger partial charge in [0.15, 0.2) is 0 Å². The van der Waals surface area contributed by atoms with Crippen LogP contribution in [0.2, 0.25) is 0 Å². The van der Waals surface area contributed by atoms with Crippen LogP contribution in [-0.2, 0) is 11.3 Å². The van der Waals surface area contributed by atoms with E-state index in [0.717, 1.165) is 9.81 Å². The summed E-state index contributed by atoms with van der Waals surface area (Å²) in [5.74, 6) is 0. The summed E-state index contributed by atoms with van der Waals surface area (Å²) in [5.41, 5.74) is 1.06. The molecule has 0 aliphatic carbocycles. The zero-order chi connectivity index (χ0) is 12.0. The second-order valence-corrected chi connectivity index (χ2v) is 7.00. The van der Waals surface area contributed by atoms with E-state index in [0.29, 0.717) is 6.61 Å². The second kappa shape index (κ2) is 6.58. The number of hydrogen-bond acceptors (Lipinski definition) is 1. The highest BCUT2D eigenvalue weighted by Gasteiger charge is 2.16. The summed E-state index contributed by atoms with van der Waals surface area (Å²) in [7, 11) is 0. The minimum absolute atomic E-state index is 0.150. The molecule has 16 heavy (non-hydrogen) atoms. The molecule has 1 rings (SSSR count). The standard InChI is InChI=1S/C13H16Br2O/c1-13(2,9-8-12(14)15)16-10-11-6-4-3-5-7-11/h3-8H,9-10H2,1-2H3. The van der Waals surface area contributed by atoms with Gasteiger partial charge in [-0.3, -0.25) is 0 Å². The van der Waals surface area contributed by atoms with E-state index in [1.807, 2.05) is 18.2 Å². The quantitative estimate of drug-likeness (QED) is 0.728. The van der Waals surface area contributed by atoms with Crippen LogP contribution in [0.3, 0.4) is 0 Å². The lowest BCUT2D eigenvalue weighted by atomic mass is 10.1. The highest BCUT2D eigenvalue weighted by molar-refractivity contribution is 9.28. The molecule has 0 amide bonds. The highest BCUT2D eigenvalue weighted by Crippen LogP contribution is 2.22. The van der Waals surface area contributed by atoms with Crippen LogP contribution in [0.15, 0.2) is 39.8 Å². The van der Waals surface area contributed by atoms with Crippen molar-refractivity contribution in [2.45, 2.75) is 32.5 Å². The van der Waals surface area contributed by atoms with Crippen molar-refractivity contribution in [3.63, 3.8) is 0 Å². The number of benzene rings is 1. The summed E-state index contributed by atoms with van der Waals surface area (Å²) in [5, 5.41) is 0. The molecule has 0 radical (unpaired) electrons. The molecule has 0 saturated carbocycles. The average Bonchev–Trinajstić information content (AvgIpc) is 2.26. The average molecular weight is 348 g/mol. The van der Waals surface area contributed by atoms with E-state index in [4.69, 9.17) is 4.74 Å². The minimum atomic E-state index is -0.150. The fourth-order valence-corrected chi connectivity index (χ4v) is 1.56. The van der Waals surface area contributed by atoms with Gasteiger partial charge in [0.1, 0.15) is 0 Å². The fourth-order valence-electron chi connectivity index (χ4n) is 1.23. The normalized spacial score (nSPS) is 11.2. The molecule has 1 nitrogen and oxygen atoms in total. The number of halogens is 2. The molecule has 0 heterocycles. The van der Waals surface area contributed by atoms with Crippen molar-refractivity contribution in [3.8, 4) is 0 Å². The largest absolute Gasteiger partial charge is 0.371 e. The summed E-state index contributed by atoms with van der Waals surface area (Å²) < 4.78 is 6.85. The number of hydrogen-bond donors (Lipinski definition) is 0. The predicted octanol–water partition coefficient (Wildman–Crippen LogP) is 5.00. The maximum atomic E-state index is 5.88. The molecule has 0 spiro atoms. The Hall–Kier alpha value is -0.120. The van der Waals surface area contributed by atoms with E-state index in [1.165, 1.54) is 5.56 Å². The Bertz CT molecular complexity index is 340. The molecule has 0 aliphatic heterocycles. The predicted molar refractivity (Wildman–Crippen MR) is 75.9 cm³/mol. The lowest BCUT2D eigenvalue weighted by molar-refractivity contribution is -0.0268. The zero-order valence-corrected chi connectivity index (χ0v) is 12.7. The van der Waals surface area contributed by atoms with Gasteiger partial charge in [0.2, 0.25) is 0 Å². The Labute approximate surface area is 114 Å². The number of rotatable bonds is 5. The third-order valence-corrected chi connectivity index (χ3v) is 2.87. The van der Waals surface area contributed by atoms with Crippen LogP contribution >= 0.6 is 31.9 Å². The summed E-state index contributed by atoms with van der Waals surface area (Å²) in [6.45, 7) is 4.84. The van der Waals surface area contributed by atoms with Crippen LogP contribution in [0.5, 0.6) is 0 Å². The first kappa shape index (κ1) is 13.9. The van der Waals surface area contributed by atoms with E-state index in [1.54, 1.807) is 0 Å². The van der Waals surface area contributed by atoms with Gasteiger partial charge in [0.05, 0.1) is 15.6 Å². The summed E-state index contributed by atoms with van der Waals surface area (Å²) in [4.78, 5) is 0. The summed E-state index contributed by atoms with van der Waals surface area (Å²) >= 11 is 6.69. The van der Waals surface area contributed by atoms with Gasteiger partial charge in [-0.15, -0.1) is 0 Å². The monoisotopic (exact) mass is 346 g/mol. The SMILES string of the molecule is CC(C)(CC=C(Br)Br)OCc1ccccc1. The van der Waals surface area contributed by atoms with E-state index < -0.39 is 0 Å². The fraction of sp³-hybridized carbons (Fsp3) is 0.385. The molecule has 0 N–H and O–H groups in total. The Morgan fingerprint density at radius 3 is 2.44 bits per heavy atom. The van der Waals surface area contributed by atoms with E-state index in [2.05, 4.69) is 63.9 Å². The zero-order valence-electron chi connectivity index (χ0n) is 9.54. The van der Waals surface area contributed by atoms with Crippen LogP contribution in [-0.4, -0.2) is 5.60 Å². The Kier molecular flexibility index (Phi) is 5.73. The Morgan fingerprint density at radius 1 is 1.25 bits per heavy atom. The van der Waals surface area contributed by atoms with Crippen LogP contribution < -0.4 is 0 Å². The second-order valence-electron chi connectivity index (χ2n) is 4.23. The minimum Gasteiger partial charge on any atom is -0.371 e. The van der Waals surface area contributed by atoms with Crippen LogP contribution in [0.4, 0.5) is 0 Å². The third kappa shape index (κ3) is 5.83. The highest BCUT2D eigenvalue weighted by atomic mass is 79.9. The third-order valence-electron chi connectivity index (χ3n) is 2.22. The van der Waals surface area contributed by atoms with Crippen molar-refractivity contribution in [2.24, 2.45) is 0 Å². The van der Waals surface area contributed by atoms with E-state index in [-0.39, 0.29) is 5.60 Å². The van der Waals surface area contributed by atoms with E-state index in [9.17, 15) is 0 Å². The molecule has 88 valence electrons. The van der Waals surface area contributed by atoms with Crippen LogP contribution in [0, 0.1) is 0 Å². The first-order chi connectivity index (χ1) is 7.49. The van der Waals surface area contributed by atoms with E-state index >= 15 is 0 Å². The maximum Gasteiger partial charge on any atom is 0.0724 e. The molecule has 1 aromatic rings. The molecule has 0 bridgehead atoms. The van der Waals surface area contributed by atoms with Gasteiger partial charge in [0, 0.05) is 0 Å². The lowest BCUT2D eigenvalue weighted by Crippen LogP contribution is -2.23. The summed E-state index contributed by atoms with van der Waals surface area (Å²) in [6, 6.07) is 10.2. The van der Waals surface area contributed by atoms with Gasteiger partial charge in [-0.1, -0.05) is 36.4 Å². The Balaban J connectivity index is 2.45. The number of ether oxygens (including phenoxy) is 1. The molecule has 3 heteroatoms. The molecule has 0 unspecified atom stereocenters. The van der Waals surface area contributed by atoms with Gasteiger partial charge in [-0.2, -0.15) is 0 Å². The first-order valence-corrected chi connectivity index (χ1v) is 6.77. The van der Waals surface area contributed by atoms with Crippen molar-refractivity contribution in [2.75, 3.05) is 0 Å². The first-order valence-electron chi connectivity index (χ1n) is 5.19. The van der Waals surface area contributed by atoms with Gasteiger partial charge < -0.3 is 4.74 Å². The van der Waals surface area contributed by atoms with Gasteiger partial charge >= 0.3 is 0 Å². The van der Waals surface area contributed by atoms with Crippen molar-refractivity contribution in [1.82, 2.24) is 0 Å². The molecule has 0 aromatic heterocycles. The van der Waals surface area contributed by atoms with Crippen molar-refractivity contribution >= 4 is 31.9 Å². The summed E-state index contributed by atoms with van der Waals surface area (Å²) in [6.07, 6.45) is 2.93. The Morgan fingerprint density at radius 2 is 1.88 bits per heavy atom. The molecule has 0 atom stereocenters. The smallest absolute Gasteiger partial charge is 0.0724 e. The van der Waals surface area contributed by atoms with Gasteiger partial charge in [-0.25, -0.2) is 0 Å². The van der Waals surface area contributed by atoms with Gasteiger partial charge in [-0.05, 0) is 57.7 Å². The van der Waals surface area contributed by atoms with Crippen LogP contribution in [0.1, 0.15) is 25.8 Å². The molecule has 0 saturated heterocycles. The molecule has 0 aliphatic rings. The maximum absolute atomic E-state index is 5.88. The lowest BCUT2D eigenvalue weighted by Gasteiger charge is -2.24. The van der Waals surface area contributed by atoms with Crippen LogP contribution in [0.25, 0.3) is 0 Å².